The summed E-state index contributed by atoms with van der Waals surface area (Å²) in [7, 11) is 0. The van der Waals surface area contributed by atoms with Crippen LogP contribution in [0.4, 0.5) is 10.1 Å². The molecule has 3 unspecified atom stereocenters. The molecule has 0 radical (unpaired) electrons. The number of likely N-dealkylation sites (tertiary alicyclic amines) is 1. The number of imide groups is 1. The average Bonchev–Trinajstić information content (AvgIpc) is 2.93. The van der Waals surface area contributed by atoms with Crippen molar-refractivity contribution in [2.75, 3.05) is 5.32 Å². The van der Waals surface area contributed by atoms with E-state index in [1.165, 1.54) is 18.2 Å². The molecule has 1 saturated heterocycles. The van der Waals surface area contributed by atoms with Crippen LogP contribution in [0.15, 0.2) is 54.6 Å². The van der Waals surface area contributed by atoms with Crippen molar-refractivity contribution in [3.8, 4) is 0 Å². The third kappa shape index (κ3) is 3.34. The Morgan fingerprint density at radius 2 is 1.74 bits per heavy atom. The molecule has 1 aliphatic carbocycles. The van der Waals surface area contributed by atoms with Crippen molar-refractivity contribution < 1.29 is 18.8 Å². The van der Waals surface area contributed by atoms with Crippen molar-refractivity contribution in [1.29, 1.82) is 0 Å². The molecular weight excluding hydrogens is 395 g/mol. The van der Waals surface area contributed by atoms with Crippen LogP contribution in [0.25, 0.3) is 0 Å². The van der Waals surface area contributed by atoms with Gasteiger partial charge in [0.1, 0.15) is 11.9 Å². The summed E-state index contributed by atoms with van der Waals surface area (Å²) in [6, 6.07) is 14.0. The zero-order valence-corrected chi connectivity index (χ0v) is 18.0. The molecule has 1 heterocycles. The van der Waals surface area contributed by atoms with E-state index in [1.807, 2.05) is 51.1 Å². The van der Waals surface area contributed by atoms with Gasteiger partial charge in [0, 0.05) is 12.3 Å². The molecule has 3 amide bonds. The molecule has 4 rings (SSSR count). The monoisotopic (exact) mass is 422 g/mol. The summed E-state index contributed by atoms with van der Waals surface area (Å²) in [5, 5.41) is 2.59. The van der Waals surface area contributed by atoms with Crippen LogP contribution in [-0.2, 0) is 20.8 Å². The van der Waals surface area contributed by atoms with E-state index >= 15 is 0 Å². The summed E-state index contributed by atoms with van der Waals surface area (Å²) < 4.78 is 14.2. The number of carbonyl (C=O) groups is 3. The first-order chi connectivity index (χ1) is 14.7. The lowest BCUT2D eigenvalue weighted by Crippen LogP contribution is -2.64. The van der Waals surface area contributed by atoms with E-state index in [1.54, 1.807) is 6.07 Å². The molecule has 2 aliphatic rings. The number of carbonyl (C=O) groups excluding carboxylic acids is 3. The first-order valence-electron chi connectivity index (χ1n) is 10.6. The Morgan fingerprint density at radius 3 is 2.42 bits per heavy atom. The van der Waals surface area contributed by atoms with Gasteiger partial charge >= 0.3 is 0 Å². The summed E-state index contributed by atoms with van der Waals surface area (Å²) in [4.78, 5) is 41.6. The molecule has 1 saturated carbocycles. The minimum absolute atomic E-state index is 0.0250. The molecule has 31 heavy (non-hydrogen) atoms. The van der Waals surface area contributed by atoms with E-state index in [-0.39, 0.29) is 29.8 Å². The number of hydrogen-bond acceptors (Lipinski definition) is 3. The van der Waals surface area contributed by atoms with E-state index < -0.39 is 28.6 Å². The van der Waals surface area contributed by atoms with E-state index in [2.05, 4.69) is 5.32 Å². The average molecular weight is 423 g/mol. The molecule has 5 nitrogen and oxygen atoms in total. The molecule has 2 aromatic rings. The molecule has 2 fully saturated rings. The highest BCUT2D eigenvalue weighted by atomic mass is 19.1. The van der Waals surface area contributed by atoms with Gasteiger partial charge in [0.25, 0.3) is 0 Å². The van der Waals surface area contributed by atoms with Gasteiger partial charge in [0.05, 0.1) is 11.1 Å². The van der Waals surface area contributed by atoms with Crippen molar-refractivity contribution in [2.24, 2.45) is 16.7 Å². The number of para-hydroxylation sites is 1. The lowest BCUT2D eigenvalue weighted by Gasteiger charge is -2.49. The standard InChI is InChI=1S/C25H27FN2O3/c1-24(2)17-13-14-25(24,3)23(31)28(22(17)30)20(15-16-9-5-4-6-10-16)21(29)27-19-12-8-7-11-18(19)26/h4-12,17,20H,13-15H2,1-3H3,(H,27,29). The van der Waals surface area contributed by atoms with Crippen molar-refractivity contribution in [1.82, 2.24) is 4.90 Å². The molecule has 6 heteroatoms. The van der Waals surface area contributed by atoms with Crippen LogP contribution in [0.5, 0.6) is 0 Å². The second-order valence-electron chi connectivity index (χ2n) is 9.33. The predicted octanol–water partition coefficient (Wildman–Crippen LogP) is 4.19. The number of amides is 3. The lowest BCUT2D eigenvalue weighted by atomic mass is 9.62. The van der Waals surface area contributed by atoms with Crippen LogP contribution in [-0.4, -0.2) is 28.7 Å². The molecule has 1 aliphatic heterocycles. The minimum Gasteiger partial charge on any atom is -0.322 e. The smallest absolute Gasteiger partial charge is 0.248 e. The minimum atomic E-state index is -1.06. The van der Waals surface area contributed by atoms with Gasteiger partial charge in [-0.3, -0.25) is 19.3 Å². The van der Waals surface area contributed by atoms with Gasteiger partial charge in [0.2, 0.25) is 17.7 Å². The Bertz CT molecular complexity index is 1040. The number of halogens is 1. The zero-order valence-electron chi connectivity index (χ0n) is 18.0. The number of benzene rings is 2. The van der Waals surface area contributed by atoms with Gasteiger partial charge in [0.15, 0.2) is 0 Å². The molecular formula is C25H27FN2O3. The number of piperidine rings is 1. The molecule has 0 spiro atoms. The topological polar surface area (TPSA) is 66.5 Å². The van der Waals surface area contributed by atoms with Crippen molar-refractivity contribution in [3.63, 3.8) is 0 Å². The second-order valence-corrected chi connectivity index (χ2v) is 9.33. The fourth-order valence-electron chi connectivity index (χ4n) is 5.06. The Balaban J connectivity index is 1.72. The molecule has 2 bridgehead atoms. The summed E-state index contributed by atoms with van der Waals surface area (Å²) in [5.74, 6) is -2.10. The van der Waals surface area contributed by atoms with Crippen LogP contribution < -0.4 is 5.32 Å². The highest BCUT2D eigenvalue weighted by molar-refractivity contribution is 6.09. The molecule has 3 atom stereocenters. The van der Waals surface area contributed by atoms with Crippen LogP contribution in [0.1, 0.15) is 39.2 Å². The number of nitrogens with zero attached hydrogens (tertiary/aromatic N) is 1. The predicted molar refractivity (Wildman–Crippen MR) is 115 cm³/mol. The number of rotatable bonds is 5. The summed E-state index contributed by atoms with van der Waals surface area (Å²) >= 11 is 0. The van der Waals surface area contributed by atoms with Gasteiger partial charge in [-0.15, -0.1) is 0 Å². The first-order valence-corrected chi connectivity index (χ1v) is 10.6. The molecule has 0 aromatic heterocycles. The lowest BCUT2D eigenvalue weighted by molar-refractivity contribution is -0.172. The molecule has 162 valence electrons. The van der Waals surface area contributed by atoms with Crippen LogP contribution >= 0.6 is 0 Å². The van der Waals surface area contributed by atoms with Gasteiger partial charge < -0.3 is 5.32 Å². The first kappa shape index (κ1) is 21.2. The van der Waals surface area contributed by atoms with E-state index in [4.69, 9.17) is 0 Å². The van der Waals surface area contributed by atoms with E-state index in [0.717, 1.165) is 10.5 Å². The van der Waals surface area contributed by atoms with Gasteiger partial charge in [-0.05, 0) is 36.0 Å². The van der Waals surface area contributed by atoms with Crippen LogP contribution in [0.2, 0.25) is 0 Å². The highest BCUT2D eigenvalue weighted by Crippen LogP contribution is 2.60. The third-order valence-electron chi connectivity index (χ3n) is 7.47. The Hall–Kier alpha value is -3.02. The third-order valence-corrected chi connectivity index (χ3v) is 7.47. The summed E-state index contributed by atoms with van der Waals surface area (Å²) in [6.07, 6.45) is 1.40. The largest absolute Gasteiger partial charge is 0.322 e. The van der Waals surface area contributed by atoms with Gasteiger partial charge in [-0.2, -0.15) is 0 Å². The van der Waals surface area contributed by atoms with Gasteiger partial charge in [-0.1, -0.05) is 63.2 Å². The highest BCUT2D eigenvalue weighted by Gasteiger charge is 2.65. The maximum atomic E-state index is 14.2. The van der Waals surface area contributed by atoms with E-state index in [0.29, 0.717) is 12.8 Å². The number of anilines is 1. The quantitative estimate of drug-likeness (QED) is 0.735. The summed E-state index contributed by atoms with van der Waals surface area (Å²) in [6.45, 7) is 5.82. The Kier molecular flexibility index (Phi) is 5.20. The fourth-order valence-corrected chi connectivity index (χ4v) is 5.06. The van der Waals surface area contributed by atoms with Crippen LogP contribution in [0, 0.1) is 22.6 Å². The fraction of sp³-hybridized carbons (Fsp3) is 0.400. The number of hydrogen-bond donors (Lipinski definition) is 1. The second kappa shape index (κ2) is 7.59. The maximum Gasteiger partial charge on any atom is 0.248 e. The molecule has 1 N–H and O–H groups in total. The molecule has 2 aromatic carbocycles. The SMILES string of the molecule is CC12CCC(C(=O)N(C(Cc3ccccc3)C(=O)Nc3ccccc3F)C1=O)C2(C)C. The Morgan fingerprint density at radius 1 is 1.10 bits per heavy atom. The van der Waals surface area contributed by atoms with Crippen molar-refractivity contribution >= 4 is 23.4 Å². The van der Waals surface area contributed by atoms with Crippen LogP contribution in [0.3, 0.4) is 0 Å². The zero-order chi connectivity index (χ0) is 22.4. The van der Waals surface area contributed by atoms with Crippen molar-refractivity contribution in [3.05, 3.63) is 66.0 Å². The number of fused-ring (bicyclic) bond motifs is 2. The number of nitrogens with one attached hydrogen (secondary N) is 1. The van der Waals surface area contributed by atoms with E-state index in [9.17, 15) is 18.8 Å². The van der Waals surface area contributed by atoms with Gasteiger partial charge in [-0.25, -0.2) is 4.39 Å². The van der Waals surface area contributed by atoms with Crippen molar-refractivity contribution in [2.45, 2.75) is 46.1 Å². The summed E-state index contributed by atoms with van der Waals surface area (Å²) in [5.41, 5.74) is -0.355. The normalized spacial score (nSPS) is 25.4. The maximum absolute atomic E-state index is 14.2. The Labute approximate surface area is 181 Å².